The van der Waals surface area contributed by atoms with E-state index in [0.29, 0.717) is 24.4 Å². The van der Waals surface area contributed by atoms with Crippen LogP contribution < -0.4 is 20.7 Å². The number of rotatable bonds is 7. The van der Waals surface area contributed by atoms with Crippen molar-refractivity contribution in [2.45, 2.75) is 19.3 Å². The number of hydrogen-bond donors (Lipinski definition) is 2. The zero-order valence-electron chi connectivity index (χ0n) is 14.8. The van der Waals surface area contributed by atoms with E-state index in [1.54, 1.807) is 47.4 Å². The maximum Gasteiger partial charge on any atom is 0.262 e. The van der Waals surface area contributed by atoms with Gasteiger partial charge in [0.25, 0.3) is 5.91 Å². The molecule has 2 aromatic rings. The van der Waals surface area contributed by atoms with Gasteiger partial charge in [0, 0.05) is 24.3 Å². The Balaban J connectivity index is 1.53. The first-order chi connectivity index (χ1) is 13.0. The number of carbonyl (C=O) groups is 3. The van der Waals surface area contributed by atoms with Crippen molar-refractivity contribution in [2.75, 3.05) is 23.4 Å². The van der Waals surface area contributed by atoms with Gasteiger partial charge in [0.2, 0.25) is 11.8 Å². The Morgan fingerprint density at radius 1 is 1.15 bits per heavy atom. The predicted molar refractivity (Wildman–Crippen MR) is 101 cm³/mol. The van der Waals surface area contributed by atoms with E-state index >= 15 is 0 Å². The molecule has 0 aromatic heterocycles. The Kier molecular flexibility index (Phi) is 5.71. The lowest BCUT2D eigenvalue weighted by Crippen LogP contribution is -2.24. The van der Waals surface area contributed by atoms with Gasteiger partial charge in [-0.2, -0.15) is 0 Å². The Labute approximate surface area is 157 Å². The first-order valence-electron chi connectivity index (χ1n) is 8.71. The highest BCUT2D eigenvalue weighted by molar-refractivity contribution is 5.97. The predicted octanol–water partition coefficient (Wildman–Crippen LogP) is 1.86. The van der Waals surface area contributed by atoms with Gasteiger partial charge in [-0.05, 0) is 42.3 Å². The van der Waals surface area contributed by atoms with E-state index in [2.05, 4.69) is 5.32 Å². The monoisotopic (exact) mass is 367 g/mol. The van der Waals surface area contributed by atoms with Crippen molar-refractivity contribution < 1.29 is 19.1 Å². The fourth-order valence-electron chi connectivity index (χ4n) is 2.92. The molecule has 0 bridgehead atoms. The van der Waals surface area contributed by atoms with Crippen LogP contribution in [0.5, 0.6) is 5.75 Å². The first-order valence-corrected chi connectivity index (χ1v) is 8.71. The molecule has 3 amide bonds. The van der Waals surface area contributed by atoms with Gasteiger partial charge in [-0.1, -0.05) is 18.2 Å². The van der Waals surface area contributed by atoms with Crippen molar-refractivity contribution in [1.82, 2.24) is 0 Å². The van der Waals surface area contributed by atoms with Crippen LogP contribution in [0.25, 0.3) is 0 Å². The molecule has 1 aliphatic rings. The molecule has 1 fully saturated rings. The van der Waals surface area contributed by atoms with Gasteiger partial charge in [-0.3, -0.25) is 14.4 Å². The average Bonchev–Trinajstić information content (AvgIpc) is 3.07. The third-order valence-electron chi connectivity index (χ3n) is 4.19. The van der Waals surface area contributed by atoms with Crippen LogP contribution in [0.3, 0.4) is 0 Å². The van der Waals surface area contributed by atoms with E-state index in [4.69, 9.17) is 10.5 Å². The van der Waals surface area contributed by atoms with Crippen LogP contribution in [0.2, 0.25) is 0 Å². The molecule has 1 saturated heterocycles. The van der Waals surface area contributed by atoms with E-state index in [9.17, 15) is 14.4 Å². The molecule has 0 radical (unpaired) electrons. The summed E-state index contributed by atoms with van der Waals surface area (Å²) in [5.74, 6) is -0.0848. The number of nitrogens with one attached hydrogen (secondary N) is 1. The maximum atomic E-state index is 12.1. The third-order valence-corrected chi connectivity index (χ3v) is 4.19. The smallest absolute Gasteiger partial charge is 0.262 e. The van der Waals surface area contributed by atoms with Crippen molar-refractivity contribution in [3.05, 3.63) is 54.1 Å². The highest BCUT2D eigenvalue weighted by Gasteiger charge is 2.21. The van der Waals surface area contributed by atoms with E-state index in [1.807, 2.05) is 6.07 Å². The lowest BCUT2D eigenvalue weighted by molar-refractivity contribution is -0.118. The lowest BCUT2D eigenvalue weighted by atomic mass is 10.1. The van der Waals surface area contributed by atoms with Crippen LogP contribution >= 0.6 is 0 Å². The number of primary amides is 1. The summed E-state index contributed by atoms with van der Waals surface area (Å²) in [6.45, 7) is 0.549. The second-order valence-electron chi connectivity index (χ2n) is 6.32. The van der Waals surface area contributed by atoms with Crippen molar-refractivity contribution in [3.63, 3.8) is 0 Å². The normalized spacial score (nSPS) is 13.5. The number of nitrogens with two attached hydrogens (primary N) is 1. The summed E-state index contributed by atoms with van der Waals surface area (Å²) in [6, 6.07) is 14.0. The molecule has 3 N–H and O–H groups in total. The van der Waals surface area contributed by atoms with Crippen LogP contribution in [-0.2, 0) is 20.8 Å². The Bertz CT molecular complexity index is 849. The topological polar surface area (TPSA) is 102 Å². The van der Waals surface area contributed by atoms with Gasteiger partial charge >= 0.3 is 0 Å². The summed E-state index contributed by atoms with van der Waals surface area (Å²) < 4.78 is 5.45. The maximum absolute atomic E-state index is 12.1. The number of anilines is 2. The Hall–Kier alpha value is -3.35. The Morgan fingerprint density at radius 3 is 2.59 bits per heavy atom. The van der Waals surface area contributed by atoms with Gasteiger partial charge in [0.15, 0.2) is 6.61 Å². The Morgan fingerprint density at radius 2 is 1.93 bits per heavy atom. The molecule has 0 saturated carbocycles. The van der Waals surface area contributed by atoms with Crippen LogP contribution in [-0.4, -0.2) is 30.9 Å². The first kappa shape index (κ1) is 18.4. The number of amides is 3. The van der Waals surface area contributed by atoms with E-state index in [1.165, 1.54) is 0 Å². The summed E-state index contributed by atoms with van der Waals surface area (Å²) >= 11 is 0. The molecule has 140 valence electrons. The molecule has 1 heterocycles. The molecular weight excluding hydrogens is 346 g/mol. The van der Waals surface area contributed by atoms with Gasteiger partial charge in [-0.25, -0.2) is 0 Å². The van der Waals surface area contributed by atoms with E-state index in [0.717, 1.165) is 17.7 Å². The molecule has 0 aliphatic carbocycles. The summed E-state index contributed by atoms with van der Waals surface area (Å²) in [7, 11) is 0. The minimum atomic E-state index is -0.402. The van der Waals surface area contributed by atoms with Gasteiger partial charge < -0.3 is 20.7 Å². The number of hydrogen-bond acceptors (Lipinski definition) is 4. The quantitative estimate of drug-likeness (QED) is 0.780. The molecule has 0 atom stereocenters. The molecule has 7 heteroatoms. The molecule has 3 rings (SSSR count). The van der Waals surface area contributed by atoms with Crippen LogP contribution in [0, 0.1) is 0 Å². The van der Waals surface area contributed by atoms with Crippen molar-refractivity contribution in [3.8, 4) is 5.75 Å². The minimum Gasteiger partial charge on any atom is -0.484 e. The highest BCUT2D eigenvalue weighted by Crippen LogP contribution is 2.24. The average molecular weight is 367 g/mol. The molecule has 0 unspecified atom stereocenters. The van der Waals surface area contributed by atoms with Crippen molar-refractivity contribution >= 4 is 29.1 Å². The van der Waals surface area contributed by atoms with Crippen LogP contribution in [0.15, 0.2) is 48.5 Å². The van der Waals surface area contributed by atoms with E-state index < -0.39 is 5.91 Å². The lowest BCUT2D eigenvalue weighted by Gasteiger charge is -2.16. The summed E-state index contributed by atoms with van der Waals surface area (Å²) in [4.78, 5) is 36.6. The van der Waals surface area contributed by atoms with Crippen molar-refractivity contribution in [1.29, 1.82) is 0 Å². The van der Waals surface area contributed by atoms with Gasteiger partial charge in [-0.15, -0.1) is 0 Å². The van der Waals surface area contributed by atoms with Crippen LogP contribution in [0.1, 0.15) is 18.4 Å². The largest absolute Gasteiger partial charge is 0.484 e. The molecule has 0 spiro atoms. The molecule has 27 heavy (non-hydrogen) atoms. The molecule has 1 aliphatic heterocycles. The minimum absolute atomic E-state index is 0.0987. The number of ether oxygens (including phenoxy) is 1. The highest BCUT2D eigenvalue weighted by atomic mass is 16.5. The van der Waals surface area contributed by atoms with Crippen molar-refractivity contribution in [2.24, 2.45) is 5.73 Å². The fraction of sp³-hybridized carbons (Fsp3) is 0.250. The van der Waals surface area contributed by atoms with Crippen LogP contribution in [0.4, 0.5) is 11.4 Å². The second kappa shape index (κ2) is 8.35. The zero-order valence-corrected chi connectivity index (χ0v) is 14.8. The second-order valence-corrected chi connectivity index (χ2v) is 6.32. The number of nitrogens with zero attached hydrogens (tertiary/aromatic N) is 1. The van der Waals surface area contributed by atoms with Gasteiger partial charge in [0.1, 0.15) is 5.75 Å². The molecule has 7 nitrogen and oxygen atoms in total. The zero-order chi connectivity index (χ0) is 19.2. The summed E-state index contributed by atoms with van der Waals surface area (Å²) in [5, 5.41) is 2.77. The third kappa shape index (κ3) is 5.07. The van der Waals surface area contributed by atoms with Gasteiger partial charge in [0.05, 0.1) is 6.42 Å². The summed E-state index contributed by atoms with van der Waals surface area (Å²) in [5.41, 5.74) is 7.32. The summed E-state index contributed by atoms with van der Waals surface area (Å²) in [6.07, 6.45) is 1.57. The fourth-order valence-corrected chi connectivity index (χ4v) is 2.92. The number of benzene rings is 2. The molecular formula is C20H21N3O4. The van der Waals surface area contributed by atoms with E-state index in [-0.39, 0.29) is 24.8 Å². The molecule has 2 aromatic carbocycles. The SMILES string of the molecule is NC(=O)Cc1ccc(OCC(=O)Nc2cccc(N3CCCC3=O)c2)cc1. The number of carbonyl (C=O) groups excluding carboxylic acids is 3. The standard InChI is InChI=1S/C20H21N3O4/c21-18(24)11-14-6-8-17(9-7-14)27-13-19(25)22-15-3-1-4-16(12-15)23-10-2-5-20(23)26/h1,3-4,6-9,12H,2,5,10-11,13H2,(H2,21,24)(H,22,25).